The highest BCUT2D eigenvalue weighted by atomic mass is 19.4. The molecule has 2 aromatic rings. The third kappa shape index (κ3) is 2.40. The van der Waals surface area contributed by atoms with E-state index in [1.165, 1.54) is 12.1 Å². The van der Waals surface area contributed by atoms with Gasteiger partial charge >= 0.3 is 6.18 Å². The molecule has 2 aromatic carbocycles. The van der Waals surface area contributed by atoms with Gasteiger partial charge < -0.3 is 0 Å². The molecule has 2 rings (SSSR count). The van der Waals surface area contributed by atoms with Crippen LogP contribution in [0.1, 0.15) is 16.7 Å². The van der Waals surface area contributed by atoms with Crippen LogP contribution in [-0.4, -0.2) is 0 Å². The van der Waals surface area contributed by atoms with Crippen LogP contribution in [0.5, 0.6) is 0 Å². The van der Waals surface area contributed by atoms with Gasteiger partial charge in [0.25, 0.3) is 0 Å². The lowest BCUT2D eigenvalue weighted by molar-refractivity contribution is -0.137. The summed E-state index contributed by atoms with van der Waals surface area (Å²) in [7, 11) is 0. The fraction of sp³-hybridized carbons (Fsp3) is 0.200. The van der Waals surface area contributed by atoms with Crippen LogP contribution in [-0.2, 0) is 6.18 Å². The molecule has 3 heteroatoms. The van der Waals surface area contributed by atoms with Gasteiger partial charge in [-0.2, -0.15) is 13.2 Å². The molecule has 0 amide bonds. The first-order valence-corrected chi connectivity index (χ1v) is 5.63. The highest BCUT2D eigenvalue weighted by molar-refractivity contribution is 5.71. The molecule has 0 unspecified atom stereocenters. The Labute approximate surface area is 104 Å². The molecule has 0 saturated heterocycles. The van der Waals surface area contributed by atoms with Crippen LogP contribution in [0.15, 0.2) is 42.5 Å². The second kappa shape index (κ2) is 4.48. The Morgan fingerprint density at radius 2 is 1.33 bits per heavy atom. The summed E-state index contributed by atoms with van der Waals surface area (Å²) in [5.41, 5.74) is 2.53. The third-order valence-electron chi connectivity index (χ3n) is 2.92. The molecule has 0 bridgehead atoms. The van der Waals surface area contributed by atoms with E-state index >= 15 is 0 Å². The van der Waals surface area contributed by atoms with Crippen LogP contribution in [0.3, 0.4) is 0 Å². The van der Waals surface area contributed by atoms with Crippen LogP contribution >= 0.6 is 0 Å². The van der Waals surface area contributed by atoms with Crippen molar-refractivity contribution in [1.29, 1.82) is 0 Å². The van der Waals surface area contributed by atoms with Crippen molar-refractivity contribution >= 4 is 0 Å². The lowest BCUT2D eigenvalue weighted by Crippen LogP contribution is -2.06. The quantitative estimate of drug-likeness (QED) is 0.669. The second-order valence-corrected chi connectivity index (χ2v) is 4.35. The molecule has 0 heterocycles. The fourth-order valence-electron chi connectivity index (χ4n) is 2.19. The molecule has 0 nitrogen and oxygen atoms in total. The number of hydrogen-bond donors (Lipinski definition) is 0. The van der Waals surface area contributed by atoms with Crippen molar-refractivity contribution in [3.05, 3.63) is 59.2 Å². The minimum absolute atomic E-state index is 0.586. The molecule has 0 fully saturated rings. The van der Waals surface area contributed by atoms with Crippen LogP contribution in [0.2, 0.25) is 0 Å². The Morgan fingerprint density at radius 1 is 0.833 bits per heavy atom. The average Bonchev–Trinajstić information content (AvgIpc) is 2.28. The molecule has 0 aliphatic rings. The van der Waals surface area contributed by atoms with Crippen molar-refractivity contribution in [3.8, 4) is 11.1 Å². The molecule has 0 N–H and O–H groups in total. The van der Waals surface area contributed by atoms with Gasteiger partial charge in [-0.05, 0) is 48.2 Å². The SMILES string of the molecule is Cc1cc(C(F)(F)F)cc(C)c1-c1ccccc1. The minimum Gasteiger partial charge on any atom is -0.166 e. The molecule has 0 aromatic heterocycles. The van der Waals surface area contributed by atoms with Crippen molar-refractivity contribution in [2.75, 3.05) is 0 Å². The summed E-state index contributed by atoms with van der Waals surface area (Å²) in [6, 6.07) is 11.9. The highest BCUT2D eigenvalue weighted by Crippen LogP contribution is 2.35. The average molecular weight is 250 g/mol. The topological polar surface area (TPSA) is 0 Å². The second-order valence-electron chi connectivity index (χ2n) is 4.35. The van der Waals surface area contributed by atoms with Crippen molar-refractivity contribution < 1.29 is 13.2 Å². The number of benzene rings is 2. The molecular formula is C15H13F3. The lowest BCUT2D eigenvalue weighted by Gasteiger charge is -2.14. The summed E-state index contributed by atoms with van der Waals surface area (Å²) in [4.78, 5) is 0. The first kappa shape index (κ1) is 12.7. The summed E-state index contributed by atoms with van der Waals surface area (Å²) < 4.78 is 38.0. The van der Waals surface area contributed by atoms with E-state index in [9.17, 15) is 13.2 Å². The van der Waals surface area contributed by atoms with Crippen molar-refractivity contribution in [2.24, 2.45) is 0 Å². The Bertz CT molecular complexity index is 531. The van der Waals surface area contributed by atoms with Crippen LogP contribution in [0.25, 0.3) is 11.1 Å². The summed E-state index contributed by atoms with van der Waals surface area (Å²) >= 11 is 0. The van der Waals surface area contributed by atoms with Gasteiger partial charge in [-0.25, -0.2) is 0 Å². The zero-order valence-corrected chi connectivity index (χ0v) is 10.2. The van der Waals surface area contributed by atoms with E-state index in [2.05, 4.69) is 0 Å². The molecule has 0 aliphatic carbocycles. The predicted octanol–water partition coefficient (Wildman–Crippen LogP) is 4.99. The van der Waals surface area contributed by atoms with Crippen LogP contribution in [0, 0.1) is 13.8 Å². The van der Waals surface area contributed by atoms with E-state index in [1.54, 1.807) is 13.8 Å². The smallest absolute Gasteiger partial charge is 0.166 e. The van der Waals surface area contributed by atoms with E-state index in [0.717, 1.165) is 11.1 Å². The Kier molecular flexibility index (Phi) is 3.16. The molecule has 94 valence electrons. The van der Waals surface area contributed by atoms with Crippen LogP contribution < -0.4 is 0 Å². The monoisotopic (exact) mass is 250 g/mol. The van der Waals surface area contributed by atoms with E-state index in [-0.39, 0.29) is 0 Å². The maximum atomic E-state index is 12.7. The highest BCUT2D eigenvalue weighted by Gasteiger charge is 2.31. The van der Waals surface area contributed by atoms with Crippen molar-refractivity contribution in [2.45, 2.75) is 20.0 Å². The molecule has 0 atom stereocenters. The zero-order chi connectivity index (χ0) is 13.3. The van der Waals surface area contributed by atoms with Crippen LogP contribution in [0.4, 0.5) is 13.2 Å². The Balaban J connectivity index is 2.59. The predicted molar refractivity (Wildman–Crippen MR) is 66.4 cm³/mol. The molecule has 0 aliphatic heterocycles. The Hall–Kier alpha value is -1.77. The molecule has 0 radical (unpaired) electrons. The molecule has 0 spiro atoms. The fourth-order valence-corrected chi connectivity index (χ4v) is 2.19. The van der Waals surface area contributed by atoms with Crippen molar-refractivity contribution in [1.82, 2.24) is 0 Å². The summed E-state index contributed by atoms with van der Waals surface area (Å²) in [6.07, 6.45) is -4.29. The summed E-state index contributed by atoms with van der Waals surface area (Å²) in [5.74, 6) is 0. The standard InChI is InChI=1S/C15H13F3/c1-10-8-13(15(16,17)18)9-11(2)14(10)12-6-4-3-5-7-12/h3-9H,1-2H3. The van der Waals surface area contributed by atoms with E-state index in [0.29, 0.717) is 11.1 Å². The lowest BCUT2D eigenvalue weighted by atomic mass is 9.93. The van der Waals surface area contributed by atoms with E-state index in [1.807, 2.05) is 30.3 Å². The van der Waals surface area contributed by atoms with Gasteiger partial charge in [0.05, 0.1) is 5.56 Å². The normalized spacial score (nSPS) is 11.6. The van der Waals surface area contributed by atoms with Gasteiger partial charge in [-0.1, -0.05) is 30.3 Å². The number of rotatable bonds is 1. The summed E-state index contributed by atoms with van der Waals surface area (Å²) in [6.45, 7) is 3.43. The first-order valence-electron chi connectivity index (χ1n) is 5.63. The summed E-state index contributed by atoms with van der Waals surface area (Å²) in [5, 5.41) is 0. The maximum Gasteiger partial charge on any atom is 0.416 e. The number of aryl methyl sites for hydroxylation is 2. The van der Waals surface area contributed by atoms with Gasteiger partial charge in [0.2, 0.25) is 0 Å². The number of hydrogen-bond acceptors (Lipinski definition) is 0. The third-order valence-corrected chi connectivity index (χ3v) is 2.92. The van der Waals surface area contributed by atoms with Gasteiger partial charge in [0, 0.05) is 0 Å². The molecule has 0 saturated carbocycles. The van der Waals surface area contributed by atoms with Gasteiger partial charge in [0.15, 0.2) is 0 Å². The maximum absolute atomic E-state index is 12.7. The van der Waals surface area contributed by atoms with Crippen molar-refractivity contribution in [3.63, 3.8) is 0 Å². The molecular weight excluding hydrogens is 237 g/mol. The zero-order valence-electron chi connectivity index (χ0n) is 10.2. The van der Waals surface area contributed by atoms with Gasteiger partial charge in [0.1, 0.15) is 0 Å². The Morgan fingerprint density at radius 3 is 1.78 bits per heavy atom. The van der Waals surface area contributed by atoms with Gasteiger partial charge in [-0.15, -0.1) is 0 Å². The number of halogens is 3. The molecule has 18 heavy (non-hydrogen) atoms. The minimum atomic E-state index is -4.29. The van der Waals surface area contributed by atoms with E-state index in [4.69, 9.17) is 0 Å². The van der Waals surface area contributed by atoms with Gasteiger partial charge in [-0.3, -0.25) is 0 Å². The van der Waals surface area contributed by atoms with E-state index < -0.39 is 11.7 Å². The first-order chi connectivity index (χ1) is 8.39. The number of alkyl halides is 3. The largest absolute Gasteiger partial charge is 0.416 e.